The maximum Gasteiger partial charge on any atom is 0.217 e. The van der Waals surface area contributed by atoms with E-state index in [0.717, 1.165) is 16.5 Å². The monoisotopic (exact) mass is 260 g/mol. The summed E-state index contributed by atoms with van der Waals surface area (Å²) in [5.74, 6) is 0.977. The van der Waals surface area contributed by atoms with E-state index >= 15 is 0 Å². The lowest BCUT2D eigenvalue weighted by atomic mass is 10.1. The lowest BCUT2D eigenvalue weighted by Crippen LogP contribution is -2.11. The van der Waals surface area contributed by atoms with Gasteiger partial charge in [-0.1, -0.05) is 0 Å². The average molecular weight is 260 g/mol. The molecule has 2 N–H and O–H groups in total. The summed E-state index contributed by atoms with van der Waals surface area (Å²) in [4.78, 5) is 15.2. The van der Waals surface area contributed by atoms with E-state index < -0.39 is 0 Å². The predicted molar refractivity (Wildman–Crippen MR) is 72.4 cm³/mol. The van der Waals surface area contributed by atoms with Crippen LogP contribution in [0.5, 0.6) is 11.5 Å². The Kier molecular flexibility index (Phi) is 3.85. The summed E-state index contributed by atoms with van der Waals surface area (Å²) in [7, 11) is 3.18. The van der Waals surface area contributed by atoms with Crippen molar-refractivity contribution in [2.75, 3.05) is 14.2 Å². The van der Waals surface area contributed by atoms with E-state index in [9.17, 15) is 4.79 Å². The number of hydrogen-bond donors (Lipinski definition) is 1. The molecular weight excluding hydrogens is 244 g/mol. The Morgan fingerprint density at radius 3 is 2.58 bits per heavy atom. The van der Waals surface area contributed by atoms with E-state index in [1.807, 2.05) is 18.2 Å². The van der Waals surface area contributed by atoms with Crippen LogP contribution in [-0.2, 0) is 11.2 Å². The summed E-state index contributed by atoms with van der Waals surface area (Å²) in [6, 6.07) is 5.66. The zero-order valence-electron chi connectivity index (χ0n) is 11.0. The first-order valence-electron chi connectivity index (χ1n) is 5.93. The van der Waals surface area contributed by atoms with Gasteiger partial charge in [0.1, 0.15) is 0 Å². The number of methoxy groups -OCH3 is 2. The summed E-state index contributed by atoms with van der Waals surface area (Å²) < 4.78 is 10.5. The van der Waals surface area contributed by atoms with Crippen molar-refractivity contribution in [2.45, 2.75) is 12.8 Å². The third-order valence-electron chi connectivity index (χ3n) is 2.96. The minimum Gasteiger partial charge on any atom is -0.493 e. The number of hydrogen-bond acceptors (Lipinski definition) is 4. The number of carbonyl (C=O) groups is 1. The molecule has 0 aliphatic rings. The molecule has 0 bridgehead atoms. The number of benzene rings is 1. The Bertz CT molecular complexity index is 611. The number of nitrogens with zero attached hydrogens (tertiary/aromatic N) is 1. The summed E-state index contributed by atoms with van der Waals surface area (Å²) >= 11 is 0. The van der Waals surface area contributed by atoms with Gasteiger partial charge in [0.2, 0.25) is 5.91 Å². The SMILES string of the molecule is COc1cc2ccnc(CCC(N)=O)c2cc1OC. The zero-order chi connectivity index (χ0) is 13.8. The number of rotatable bonds is 5. The number of aromatic nitrogens is 1. The van der Waals surface area contributed by atoms with Gasteiger partial charge in [0, 0.05) is 23.7 Å². The smallest absolute Gasteiger partial charge is 0.217 e. The van der Waals surface area contributed by atoms with Crippen molar-refractivity contribution >= 4 is 16.7 Å². The maximum absolute atomic E-state index is 10.9. The Balaban J connectivity index is 2.51. The molecule has 0 saturated heterocycles. The minimum atomic E-state index is -0.334. The lowest BCUT2D eigenvalue weighted by molar-refractivity contribution is -0.118. The summed E-state index contributed by atoms with van der Waals surface area (Å²) in [6.07, 6.45) is 2.51. The van der Waals surface area contributed by atoms with Crippen molar-refractivity contribution in [1.82, 2.24) is 4.98 Å². The highest BCUT2D eigenvalue weighted by Crippen LogP contribution is 2.33. The third kappa shape index (κ3) is 2.76. The second-order valence-electron chi connectivity index (χ2n) is 4.15. The van der Waals surface area contributed by atoms with Gasteiger partial charge in [-0.3, -0.25) is 9.78 Å². The van der Waals surface area contributed by atoms with Crippen LogP contribution >= 0.6 is 0 Å². The van der Waals surface area contributed by atoms with E-state index in [1.54, 1.807) is 20.4 Å². The van der Waals surface area contributed by atoms with E-state index in [1.165, 1.54) is 0 Å². The fourth-order valence-electron chi connectivity index (χ4n) is 2.00. The molecule has 0 aliphatic carbocycles. The first-order chi connectivity index (χ1) is 9.15. The highest BCUT2D eigenvalue weighted by molar-refractivity contribution is 5.88. The van der Waals surface area contributed by atoms with Crippen molar-refractivity contribution in [3.05, 3.63) is 30.1 Å². The van der Waals surface area contributed by atoms with Crippen LogP contribution in [0.15, 0.2) is 24.4 Å². The number of ether oxygens (including phenoxy) is 2. The van der Waals surface area contributed by atoms with Gasteiger partial charge in [-0.25, -0.2) is 0 Å². The standard InChI is InChI=1S/C14H16N2O3/c1-18-12-7-9-5-6-16-11(3-4-14(15)17)10(9)8-13(12)19-2/h5-8H,3-4H2,1-2H3,(H2,15,17). The van der Waals surface area contributed by atoms with Gasteiger partial charge in [-0.05, 0) is 30.0 Å². The number of primary amides is 1. The Hall–Kier alpha value is -2.30. The molecule has 1 aromatic carbocycles. The first-order valence-corrected chi connectivity index (χ1v) is 5.93. The molecular formula is C14H16N2O3. The van der Waals surface area contributed by atoms with E-state index in [2.05, 4.69) is 4.98 Å². The molecule has 1 aromatic heterocycles. The molecule has 0 saturated carbocycles. The number of amides is 1. The van der Waals surface area contributed by atoms with Crippen LogP contribution in [0.4, 0.5) is 0 Å². The number of aryl methyl sites for hydroxylation is 1. The number of pyridine rings is 1. The van der Waals surface area contributed by atoms with Gasteiger partial charge < -0.3 is 15.2 Å². The van der Waals surface area contributed by atoms with Crippen molar-refractivity contribution in [3.63, 3.8) is 0 Å². The molecule has 1 amide bonds. The second-order valence-corrected chi connectivity index (χ2v) is 4.15. The van der Waals surface area contributed by atoms with Crippen molar-refractivity contribution in [2.24, 2.45) is 5.73 Å². The fourth-order valence-corrected chi connectivity index (χ4v) is 2.00. The highest BCUT2D eigenvalue weighted by Gasteiger charge is 2.10. The number of fused-ring (bicyclic) bond motifs is 1. The van der Waals surface area contributed by atoms with Gasteiger partial charge in [-0.2, -0.15) is 0 Å². The number of carbonyl (C=O) groups excluding carboxylic acids is 1. The van der Waals surface area contributed by atoms with Gasteiger partial charge >= 0.3 is 0 Å². The van der Waals surface area contributed by atoms with Crippen LogP contribution in [0.2, 0.25) is 0 Å². The van der Waals surface area contributed by atoms with E-state index in [0.29, 0.717) is 17.9 Å². The van der Waals surface area contributed by atoms with Crippen molar-refractivity contribution in [3.8, 4) is 11.5 Å². The maximum atomic E-state index is 10.9. The normalized spacial score (nSPS) is 10.4. The fraction of sp³-hybridized carbons (Fsp3) is 0.286. The van der Waals surface area contributed by atoms with E-state index in [-0.39, 0.29) is 12.3 Å². The first kappa shape index (κ1) is 13.1. The van der Waals surface area contributed by atoms with Gasteiger partial charge in [0.25, 0.3) is 0 Å². The predicted octanol–water partition coefficient (Wildman–Crippen LogP) is 1.67. The molecule has 2 rings (SSSR count). The average Bonchev–Trinajstić information content (AvgIpc) is 2.43. The van der Waals surface area contributed by atoms with Crippen LogP contribution in [-0.4, -0.2) is 25.1 Å². The summed E-state index contributed by atoms with van der Waals surface area (Å²) in [5, 5.41) is 1.94. The van der Waals surface area contributed by atoms with Crippen LogP contribution in [0, 0.1) is 0 Å². The van der Waals surface area contributed by atoms with E-state index in [4.69, 9.17) is 15.2 Å². The largest absolute Gasteiger partial charge is 0.493 e. The van der Waals surface area contributed by atoms with Crippen LogP contribution < -0.4 is 15.2 Å². The molecule has 0 unspecified atom stereocenters. The molecule has 0 spiro atoms. The Morgan fingerprint density at radius 1 is 1.26 bits per heavy atom. The molecule has 5 nitrogen and oxygen atoms in total. The molecule has 0 fully saturated rings. The molecule has 0 radical (unpaired) electrons. The molecule has 0 atom stereocenters. The van der Waals surface area contributed by atoms with Crippen LogP contribution in [0.1, 0.15) is 12.1 Å². The molecule has 5 heteroatoms. The third-order valence-corrected chi connectivity index (χ3v) is 2.96. The van der Waals surface area contributed by atoms with Gasteiger partial charge in [-0.15, -0.1) is 0 Å². The topological polar surface area (TPSA) is 74.4 Å². The molecule has 1 heterocycles. The lowest BCUT2D eigenvalue weighted by Gasteiger charge is -2.11. The molecule has 100 valence electrons. The molecule has 19 heavy (non-hydrogen) atoms. The molecule has 0 aliphatic heterocycles. The quantitative estimate of drug-likeness (QED) is 0.887. The second kappa shape index (κ2) is 5.56. The van der Waals surface area contributed by atoms with Crippen LogP contribution in [0.25, 0.3) is 10.8 Å². The van der Waals surface area contributed by atoms with Crippen molar-refractivity contribution < 1.29 is 14.3 Å². The molecule has 2 aromatic rings. The summed E-state index contributed by atoms with van der Waals surface area (Å²) in [5.41, 5.74) is 6.01. The summed E-state index contributed by atoms with van der Waals surface area (Å²) in [6.45, 7) is 0. The minimum absolute atomic E-state index is 0.278. The van der Waals surface area contributed by atoms with Gasteiger partial charge in [0.15, 0.2) is 11.5 Å². The number of nitrogens with two attached hydrogens (primary N) is 1. The Labute approximate surface area is 111 Å². The van der Waals surface area contributed by atoms with Gasteiger partial charge in [0.05, 0.1) is 14.2 Å². The Morgan fingerprint density at radius 2 is 1.95 bits per heavy atom. The zero-order valence-corrected chi connectivity index (χ0v) is 11.0. The van der Waals surface area contributed by atoms with Crippen molar-refractivity contribution in [1.29, 1.82) is 0 Å². The van der Waals surface area contributed by atoms with Crippen LogP contribution in [0.3, 0.4) is 0 Å². The highest BCUT2D eigenvalue weighted by atomic mass is 16.5.